The zero-order valence-electron chi connectivity index (χ0n) is 10.6. The summed E-state index contributed by atoms with van der Waals surface area (Å²) < 4.78 is 0. The van der Waals surface area contributed by atoms with Gasteiger partial charge >= 0.3 is 0 Å². The molecule has 1 unspecified atom stereocenters. The molecule has 90 valence electrons. The van der Waals surface area contributed by atoms with Gasteiger partial charge in [0, 0.05) is 0 Å². The lowest BCUT2D eigenvalue weighted by Crippen LogP contribution is -2.40. The molecule has 0 bridgehead atoms. The van der Waals surface area contributed by atoms with Crippen LogP contribution in [-0.4, -0.2) is 21.9 Å². The molecular formula is C14H22O2. The topological polar surface area (TPSA) is 40.5 Å². The van der Waals surface area contributed by atoms with E-state index in [2.05, 4.69) is 26.0 Å². The fraction of sp³-hybridized carbons (Fsp3) is 0.571. The largest absolute Gasteiger partial charge is 0.390 e. The SMILES string of the molecule is CC(C)(CC(O)C(C)(C)O)c1ccccc1. The number of rotatable bonds is 4. The van der Waals surface area contributed by atoms with Crippen molar-refractivity contribution in [1.82, 2.24) is 0 Å². The summed E-state index contributed by atoms with van der Waals surface area (Å²) >= 11 is 0. The van der Waals surface area contributed by atoms with Crippen LogP contribution in [0.4, 0.5) is 0 Å². The first-order valence-electron chi connectivity index (χ1n) is 5.69. The van der Waals surface area contributed by atoms with Crippen molar-refractivity contribution >= 4 is 0 Å². The van der Waals surface area contributed by atoms with Crippen molar-refractivity contribution in [3.05, 3.63) is 35.9 Å². The molecule has 1 aromatic carbocycles. The van der Waals surface area contributed by atoms with E-state index in [1.807, 2.05) is 18.2 Å². The van der Waals surface area contributed by atoms with Crippen molar-refractivity contribution in [2.24, 2.45) is 0 Å². The van der Waals surface area contributed by atoms with Gasteiger partial charge < -0.3 is 10.2 Å². The molecule has 16 heavy (non-hydrogen) atoms. The lowest BCUT2D eigenvalue weighted by atomic mass is 9.77. The second-order valence-electron chi connectivity index (χ2n) is 5.62. The van der Waals surface area contributed by atoms with Crippen LogP contribution in [0.2, 0.25) is 0 Å². The van der Waals surface area contributed by atoms with Gasteiger partial charge in [-0.25, -0.2) is 0 Å². The average Bonchev–Trinajstić information content (AvgIpc) is 2.17. The molecule has 0 spiro atoms. The Labute approximate surface area is 97.9 Å². The molecule has 2 heteroatoms. The molecule has 2 nitrogen and oxygen atoms in total. The molecule has 0 aliphatic heterocycles. The first-order chi connectivity index (χ1) is 7.23. The van der Waals surface area contributed by atoms with Crippen LogP contribution in [0.25, 0.3) is 0 Å². The third-order valence-electron chi connectivity index (χ3n) is 3.07. The summed E-state index contributed by atoms with van der Waals surface area (Å²) in [6.07, 6.45) is -0.178. The van der Waals surface area contributed by atoms with Gasteiger partial charge in [-0.1, -0.05) is 44.2 Å². The number of aliphatic hydroxyl groups excluding tert-OH is 1. The average molecular weight is 222 g/mol. The van der Waals surface area contributed by atoms with Gasteiger partial charge in [-0.3, -0.25) is 0 Å². The van der Waals surface area contributed by atoms with Crippen molar-refractivity contribution in [1.29, 1.82) is 0 Å². The second kappa shape index (κ2) is 4.56. The maximum atomic E-state index is 9.93. The highest BCUT2D eigenvalue weighted by Crippen LogP contribution is 2.30. The maximum Gasteiger partial charge on any atom is 0.0849 e. The van der Waals surface area contributed by atoms with E-state index in [0.29, 0.717) is 6.42 Å². The van der Waals surface area contributed by atoms with Crippen molar-refractivity contribution in [2.45, 2.75) is 51.2 Å². The predicted octanol–water partition coefficient (Wildman–Crippen LogP) is 2.49. The second-order valence-corrected chi connectivity index (χ2v) is 5.62. The Morgan fingerprint density at radius 2 is 1.56 bits per heavy atom. The minimum Gasteiger partial charge on any atom is -0.390 e. The van der Waals surface area contributed by atoms with Gasteiger partial charge in [0.15, 0.2) is 0 Å². The predicted molar refractivity (Wildman–Crippen MR) is 66.4 cm³/mol. The van der Waals surface area contributed by atoms with Gasteiger partial charge in [0.05, 0.1) is 11.7 Å². The summed E-state index contributed by atoms with van der Waals surface area (Å²) in [5.74, 6) is 0. The van der Waals surface area contributed by atoms with Crippen LogP contribution >= 0.6 is 0 Å². The van der Waals surface area contributed by atoms with Crippen LogP contribution in [0.5, 0.6) is 0 Å². The zero-order valence-corrected chi connectivity index (χ0v) is 10.6. The Balaban J connectivity index is 2.80. The lowest BCUT2D eigenvalue weighted by molar-refractivity contribution is -0.0592. The monoisotopic (exact) mass is 222 g/mol. The van der Waals surface area contributed by atoms with Gasteiger partial charge in [-0.05, 0) is 31.2 Å². The Kier molecular flexibility index (Phi) is 3.76. The highest BCUT2D eigenvalue weighted by molar-refractivity contribution is 5.23. The van der Waals surface area contributed by atoms with E-state index in [1.165, 1.54) is 5.56 Å². The molecule has 0 aromatic heterocycles. The van der Waals surface area contributed by atoms with Gasteiger partial charge in [0.1, 0.15) is 0 Å². The van der Waals surface area contributed by atoms with Crippen molar-refractivity contribution in [3.63, 3.8) is 0 Å². The van der Waals surface area contributed by atoms with Crippen LogP contribution in [0.3, 0.4) is 0 Å². The molecule has 2 N–H and O–H groups in total. The van der Waals surface area contributed by atoms with E-state index < -0.39 is 11.7 Å². The molecule has 0 amide bonds. The van der Waals surface area contributed by atoms with Crippen molar-refractivity contribution in [2.75, 3.05) is 0 Å². The van der Waals surface area contributed by atoms with Gasteiger partial charge in [0.2, 0.25) is 0 Å². The third-order valence-corrected chi connectivity index (χ3v) is 3.07. The summed E-state index contributed by atoms with van der Waals surface area (Å²) in [6.45, 7) is 7.44. The summed E-state index contributed by atoms with van der Waals surface area (Å²) in [6, 6.07) is 10.1. The third kappa shape index (κ3) is 3.32. The zero-order chi connectivity index (χ0) is 12.4. The fourth-order valence-corrected chi connectivity index (χ4v) is 1.74. The molecule has 1 aromatic rings. The van der Waals surface area contributed by atoms with E-state index in [9.17, 15) is 10.2 Å². The first kappa shape index (κ1) is 13.2. The Morgan fingerprint density at radius 1 is 1.06 bits per heavy atom. The standard InChI is InChI=1S/C14H22O2/c1-13(2,10-12(15)14(3,4)16)11-8-6-5-7-9-11/h5-9,12,15-16H,10H2,1-4H3. The van der Waals surface area contributed by atoms with Crippen LogP contribution < -0.4 is 0 Å². The molecule has 0 radical (unpaired) electrons. The summed E-state index contributed by atoms with van der Waals surface area (Å²) in [5.41, 5.74) is -0.00879. The molecule has 0 aliphatic rings. The van der Waals surface area contributed by atoms with E-state index in [0.717, 1.165) is 0 Å². The number of benzene rings is 1. The highest BCUT2D eigenvalue weighted by atomic mass is 16.3. The molecule has 0 saturated heterocycles. The number of hydrogen-bond acceptors (Lipinski definition) is 2. The Hall–Kier alpha value is -0.860. The first-order valence-corrected chi connectivity index (χ1v) is 5.69. The summed E-state index contributed by atoms with van der Waals surface area (Å²) in [5, 5.41) is 19.7. The molecule has 1 rings (SSSR count). The highest BCUT2D eigenvalue weighted by Gasteiger charge is 2.31. The lowest BCUT2D eigenvalue weighted by Gasteiger charge is -2.33. The Bertz CT molecular complexity index is 322. The van der Waals surface area contributed by atoms with E-state index in [-0.39, 0.29) is 5.41 Å². The van der Waals surface area contributed by atoms with Crippen LogP contribution in [0.15, 0.2) is 30.3 Å². The van der Waals surface area contributed by atoms with Crippen LogP contribution in [-0.2, 0) is 5.41 Å². The van der Waals surface area contributed by atoms with E-state index in [1.54, 1.807) is 13.8 Å². The molecular weight excluding hydrogens is 200 g/mol. The van der Waals surface area contributed by atoms with E-state index >= 15 is 0 Å². The summed E-state index contributed by atoms with van der Waals surface area (Å²) in [7, 11) is 0. The minimum absolute atomic E-state index is 0.138. The molecule has 0 heterocycles. The number of aliphatic hydroxyl groups is 2. The normalized spacial score (nSPS) is 14.9. The maximum absolute atomic E-state index is 9.93. The van der Waals surface area contributed by atoms with Crippen LogP contribution in [0.1, 0.15) is 39.7 Å². The smallest absolute Gasteiger partial charge is 0.0849 e. The van der Waals surface area contributed by atoms with Crippen molar-refractivity contribution < 1.29 is 10.2 Å². The van der Waals surface area contributed by atoms with Gasteiger partial charge in [-0.15, -0.1) is 0 Å². The summed E-state index contributed by atoms with van der Waals surface area (Å²) in [4.78, 5) is 0. The quantitative estimate of drug-likeness (QED) is 0.821. The minimum atomic E-state index is -1.05. The molecule has 1 atom stereocenters. The molecule has 0 fully saturated rings. The van der Waals surface area contributed by atoms with Gasteiger partial charge in [0.25, 0.3) is 0 Å². The fourth-order valence-electron chi connectivity index (χ4n) is 1.74. The van der Waals surface area contributed by atoms with E-state index in [4.69, 9.17) is 0 Å². The van der Waals surface area contributed by atoms with Crippen molar-refractivity contribution in [3.8, 4) is 0 Å². The van der Waals surface area contributed by atoms with Crippen LogP contribution in [0, 0.1) is 0 Å². The van der Waals surface area contributed by atoms with Gasteiger partial charge in [-0.2, -0.15) is 0 Å². The molecule has 0 aliphatic carbocycles. The number of hydrogen-bond donors (Lipinski definition) is 2. The molecule has 0 saturated carbocycles. The Morgan fingerprint density at radius 3 is 2.00 bits per heavy atom.